The molecule has 1 aliphatic heterocycles. The van der Waals surface area contributed by atoms with Crippen molar-refractivity contribution >= 4 is 11.7 Å². The second kappa shape index (κ2) is 7.38. The van der Waals surface area contributed by atoms with Crippen molar-refractivity contribution in [2.75, 3.05) is 31.1 Å². The summed E-state index contributed by atoms with van der Waals surface area (Å²) in [5, 5.41) is 4.53. The minimum atomic E-state index is 0.0231. The molecule has 8 nitrogen and oxygen atoms in total. The summed E-state index contributed by atoms with van der Waals surface area (Å²) in [5.74, 6) is 2.36. The van der Waals surface area contributed by atoms with E-state index in [2.05, 4.69) is 25.0 Å². The Morgan fingerprint density at radius 2 is 1.75 bits per heavy atom. The summed E-state index contributed by atoms with van der Waals surface area (Å²) < 4.78 is 1.84. The number of piperazine rings is 1. The molecule has 0 N–H and O–H groups in total. The lowest BCUT2D eigenvalue weighted by Crippen LogP contribution is -2.49. The van der Waals surface area contributed by atoms with E-state index in [1.54, 1.807) is 24.5 Å². The smallest absolute Gasteiger partial charge is 0.255 e. The van der Waals surface area contributed by atoms with Crippen LogP contribution in [-0.2, 0) is 0 Å². The number of carbonyl (C=O) groups excluding carboxylic acids is 1. The normalized spacial score (nSPS) is 14.4. The molecular formula is C20H23N7O. The van der Waals surface area contributed by atoms with Crippen molar-refractivity contribution in [2.45, 2.75) is 20.8 Å². The molecule has 0 aromatic carbocycles. The number of hydrogen-bond acceptors (Lipinski definition) is 6. The van der Waals surface area contributed by atoms with Crippen LogP contribution in [0.4, 0.5) is 5.82 Å². The number of pyridine rings is 1. The third-order valence-corrected chi connectivity index (χ3v) is 4.84. The maximum atomic E-state index is 12.6. The van der Waals surface area contributed by atoms with Gasteiger partial charge >= 0.3 is 0 Å². The predicted octanol–water partition coefficient (Wildman–Crippen LogP) is 1.94. The van der Waals surface area contributed by atoms with Crippen molar-refractivity contribution in [1.82, 2.24) is 29.6 Å². The first-order chi connectivity index (χ1) is 13.5. The zero-order chi connectivity index (χ0) is 19.7. The van der Waals surface area contributed by atoms with Crippen LogP contribution < -0.4 is 4.90 Å². The first-order valence-electron chi connectivity index (χ1n) is 9.35. The van der Waals surface area contributed by atoms with E-state index in [4.69, 9.17) is 0 Å². The van der Waals surface area contributed by atoms with Crippen molar-refractivity contribution in [3.05, 3.63) is 59.4 Å². The van der Waals surface area contributed by atoms with Gasteiger partial charge in [0.15, 0.2) is 5.82 Å². The van der Waals surface area contributed by atoms with Crippen LogP contribution in [0.2, 0.25) is 0 Å². The van der Waals surface area contributed by atoms with Gasteiger partial charge in [0.2, 0.25) is 0 Å². The Morgan fingerprint density at radius 3 is 2.39 bits per heavy atom. The Hall–Kier alpha value is -3.29. The molecule has 144 valence electrons. The van der Waals surface area contributed by atoms with Gasteiger partial charge in [0.05, 0.1) is 11.3 Å². The Morgan fingerprint density at radius 1 is 1.00 bits per heavy atom. The fourth-order valence-corrected chi connectivity index (χ4v) is 3.48. The SMILES string of the molecule is Cc1cc(C)n(-c2cc(N3CCN(C(=O)c4cccnc4)CC3)nc(C)n2)n1. The fraction of sp³-hybridized carbons (Fsp3) is 0.350. The molecule has 8 heteroatoms. The van der Waals surface area contributed by atoms with E-state index in [-0.39, 0.29) is 5.91 Å². The first kappa shape index (κ1) is 18.1. The summed E-state index contributed by atoms with van der Waals surface area (Å²) in [7, 11) is 0. The summed E-state index contributed by atoms with van der Waals surface area (Å²) >= 11 is 0. The second-order valence-corrected chi connectivity index (χ2v) is 6.99. The molecule has 1 fully saturated rings. The summed E-state index contributed by atoms with van der Waals surface area (Å²) in [6, 6.07) is 7.58. The first-order valence-corrected chi connectivity index (χ1v) is 9.35. The van der Waals surface area contributed by atoms with Crippen molar-refractivity contribution in [2.24, 2.45) is 0 Å². The monoisotopic (exact) mass is 377 g/mol. The average Bonchev–Trinajstić information content (AvgIpc) is 3.06. The molecule has 1 aliphatic rings. The van der Waals surface area contributed by atoms with Crippen LogP contribution in [0.5, 0.6) is 0 Å². The largest absolute Gasteiger partial charge is 0.353 e. The molecule has 0 spiro atoms. The minimum Gasteiger partial charge on any atom is -0.353 e. The van der Waals surface area contributed by atoms with Crippen molar-refractivity contribution in [3.63, 3.8) is 0 Å². The van der Waals surface area contributed by atoms with Crippen LogP contribution >= 0.6 is 0 Å². The fourth-order valence-electron chi connectivity index (χ4n) is 3.48. The van der Waals surface area contributed by atoms with E-state index < -0.39 is 0 Å². The zero-order valence-corrected chi connectivity index (χ0v) is 16.3. The van der Waals surface area contributed by atoms with Crippen LogP contribution in [0, 0.1) is 20.8 Å². The maximum Gasteiger partial charge on any atom is 0.255 e. The van der Waals surface area contributed by atoms with Gasteiger partial charge in [0.25, 0.3) is 5.91 Å². The van der Waals surface area contributed by atoms with Gasteiger partial charge in [-0.3, -0.25) is 9.78 Å². The number of aryl methyl sites for hydroxylation is 3. The number of hydrogen-bond donors (Lipinski definition) is 0. The summed E-state index contributed by atoms with van der Waals surface area (Å²) in [4.78, 5) is 29.9. The van der Waals surface area contributed by atoms with Gasteiger partial charge in [-0.2, -0.15) is 5.10 Å². The van der Waals surface area contributed by atoms with Gasteiger partial charge in [0.1, 0.15) is 11.6 Å². The van der Waals surface area contributed by atoms with E-state index in [9.17, 15) is 4.79 Å². The third kappa shape index (κ3) is 3.58. The molecule has 0 unspecified atom stereocenters. The van der Waals surface area contributed by atoms with Crippen molar-refractivity contribution in [3.8, 4) is 5.82 Å². The highest BCUT2D eigenvalue weighted by Gasteiger charge is 2.23. The lowest BCUT2D eigenvalue weighted by Gasteiger charge is -2.35. The van der Waals surface area contributed by atoms with E-state index in [0.717, 1.165) is 36.1 Å². The van der Waals surface area contributed by atoms with E-state index >= 15 is 0 Å². The summed E-state index contributed by atoms with van der Waals surface area (Å²) in [6.07, 6.45) is 3.29. The standard InChI is InChI=1S/C20H23N7O/c1-14-11-15(2)27(24-14)19-12-18(22-16(3)23-19)25-7-9-26(10-8-25)20(28)17-5-4-6-21-13-17/h4-6,11-13H,7-10H2,1-3H3. The number of rotatable bonds is 3. The van der Waals surface area contributed by atoms with Gasteiger partial charge < -0.3 is 9.80 Å². The number of nitrogens with zero attached hydrogens (tertiary/aromatic N) is 7. The van der Waals surface area contributed by atoms with Gasteiger partial charge in [-0.05, 0) is 39.0 Å². The van der Waals surface area contributed by atoms with Crippen LogP contribution in [0.15, 0.2) is 36.7 Å². The topological polar surface area (TPSA) is 80.0 Å². The summed E-state index contributed by atoms with van der Waals surface area (Å²) in [5.41, 5.74) is 2.62. The van der Waals surface area contributed by atoms with Crippen LogP contribution in [-0.4, -0.2) is 61.7 Å². The Balaban J connectivity index is 1.50. The van der Waals surface area contributed by atoms with Gasteiger partial charge in [-0.1, -0.05) is 0 Å². The van der Waals surface area contributed by atoms with Crippen LogP contribution in [0.25, 0.3) is 5.82 Å². The molecule has 0 radical (unpaired) electrons. The van der Waals surface area contributed by atoms with E-state index in [1.165, 1.54) is 0 Å². The Kier molecular flexibility index (Phi) is 4.77. The predicted molar refractivity (Wildman–Crippen MR) is 106 cm³/mol. The molecular weight excluding hydrogens is 354 g/mol. The zero-order valence-electron chi connectivity index (χ0n) is 16.3. The molecule has 1 amide bonds. The molecule has 3 aromatic rings. The number of carbonyl (C=O) groups is 1. The molecule has 28 heavy (non-hydrogen) atoms. The molecule has 0 aliphatic carbocycles. The van der Waals surface area contributed by atoms with E-state index in [1.807, 2.05) is 42.5 Å². The van der Waals surface area contributed by atoms with Crippen molar-refractivity contribution < 1.29 is 4.79 Å². The van der Waals surface area contributed by atoms with Crippen LogP contribution in [0.1, 0.15) is 27.6 Å². The molecule has 0 bridgehead atoms. The molecule has 3 aromatic heterocycles. The lowest BCUT2D eigenvalue weighted by molar-refractivity contribution is 0.0746. The highest BCUT2D eigenvalue weighted by Crippen LogP contribution is 2.19. The van der Waals surface area contributed by atoms with Crippen LogP contribution in [0.3, 0.4) is 0 Å². The molecule has 4 heterocycles. The highest BCUT2D eigenvalue weighted by molar-refractivity contribution is 5.94. The number of aromatic nitrogens is 5. The van der Waals surface area contributed by atoms with E-state index in [0.29, 0.717) is 24.5 Å². The number of amides is 1. The second-order valence-electron chi connectivity index (χ2n) is 6.99. The van der Waals surface area contributed by atoms with Gasteiger partial charge in [-0.15, -0.1) is 0 Å². The Labute approximate surface area is 163 Å². The van der Waals surface area contributed by atoms with Gasteiger partial charge in [0, 0.05) is 50.3 Å². The van der Waals surface area contributed by atoms with Gasteiger partial charge in [-0.25, -0.2) is 14.6 Å². The molecule has 4 rings (SSSR count). The highest BCUT2D eigenvalue weighted by atomic mass is 16.2. The molecule has 0 saturated carbocycles. The Bertz CT molecular complexity index is 991. The third-order valence-electron chi connectivity index (χ3n) is 4.84. The quantitative estimate of drug-likeness (QED) is 0.694. The average molecular weight is 377 g/mol. The minimum absolute atomic E-state index is 0.0231. The maximum absolute atomic E-state index is 12.6. The lowest BCUT2D eigenvalue weighted by atomic mass is 10.2. The van der Waals surface area contributed by atoms with Crippen molar-refractivity contribution in [1.29, 1.82) is 0 Å². The number of anilines is 1. The molecule has 0 atom stereocenters. The summed E-state index contributed by atoms with van der Waals surface area (Å²) in [6.45, 7) is 8.60. The molecule has 1 saturated heterocycles.